The first kappa shape index (κ1) is 14.6. The SMILES string of the molecule is Cn1cnnc1CCNS(=O)(=O)c1cccnc1CN. The van der Waals surface area contributed by atoms with Crippen molar-refractivity contribution in [1.29, 1.82) is 0 Å². The topological polar surface area (TPSA) is 116 Å². The van der Waals surface area contributed by atoms with Crippen molar-refractivity contribution in [3.05, 3.63) is 36.2 Å². The fraction of sp³-hybridized carbons (Fsp3) is 0.364. The van der Waals surface area contributed by atoms with Crippen LogP contribution in [0.3, 0.4) is 0 Å². The van der Waals surface area contributed by atoms with Gasteiger partial charge in [0, 0.05) is 32.8 Å². The van der Waals surface area contributed by atoms with E-state index < -0.39 is 10.0 Å². The molecule has 2 aromatic rings. The normalized spacial score (nSPS) is 11.7. The first-order chi connectivity index (χ1) is 9.54. The highest BCUT2D eigenvalue weighted by Crippen LogP contribution is 2.11. The molecule has 2 heterocycles. The van der Waals surface area contributed by atoms with Crippen LogP contribution in [0, 0.1) is 0 Å². The number of nitrogens with two attached hydrogens (primary N) is 1. The van der Waals surface area contributed by atoms with Crippen molar-refractivity contribution in [3.8, 4) is 0 Å². The van der Waals surface area contributed by atoms with Gasteiger partial charge in [-0.05, 0) is 12.1 Å². The molecule has 0 saturated heterocycles. The largest absolute Gasteiger partial charge is 0.325 e. The lowest BCUT2D eigenvalue weighted by Gasteiger charge is -2.09. The molecule has 0 bridgehead atoms. The van der Waals surface area contributed by atoms with E-state index in [1.54, 1.807) is 24.0 Å². The molecule has 0 fully saturated rings. The fourth-order valence-corrected chi connectivity index (χ4v) is 2.96. The summed E-state index contributed by atoms with van der Waals surface area (Å²) in [4.78, 5) is 4.08. The maximum Gasteiger partial charge on any atom is 0.242 e. The third kappa shape index (κ3) is 3.18. The maximum absolute atomic E-state index is 12.2. The van der Waals surface area contributed by atoms with E-state index in [1.165, 1.54) is 12.3 Å². The molecule has 0 aliphatic rings. The smallest absolute Gasteiger partial charge is 0.242 e. The predicted octanol–water partition coefficient (Wildman–Crippen LogP) is -0.810. The lowest BCUT2D eigenvalue weighted by Crippen LogP contribution is -2.28. The van der Waals surface area contributed by atoms with E-state index in [0.29, 0.717) is 17.9 Å². The molecule has 2 aromatic heterocycles. The Morgan fingerprint density at radius 2 is 2.25 bits per heavy atom. The van der Waals surface area contributed by atoms with Crippen LogP contribution in [0.1, 0.15) is 11.5 Å². The summed E-state index contributed by atoms with van der Waals surface area (Å²) in [5.41, 5.74) is 5.84. The average molecular weight is 296 g/mol. The Bertz CT molecular complexity index is 682. The second kappa shape index (κ2) is 6.07. The molecule has 0 radical (unpaired) electrons. The summed E-state index contributed by atoms with van der Waals surface area (Å²) in [6.07, 6.45) is 3.53. The monoisotopic (exact) mass is 296 g/mol. The number of pyridine rings is 1. The number of hydrogen-bond acceptors (Lipinski definition) is 6. The predicted molar refractivity (Wildman–Crippen MR) is 72.0 cm³/mol. The van der Waals surface area contributed by atoms with Gasteiger partial charge in [-0.15, -0.1) is 10.2 Å². The lowest BCUT2D eigenvalue weighted by atomic mass is 10.3. The quantitative estimate of drug-likeness (QED) is 0.720. The highest BCUT2D eigenvalue weighted by molar-refractivity contribution is 7.89. The molecule has 20 heavy (non-hydrogen) atoms. The second-order valence-electron chi connectivity index (χ2n) is 4.16. The minimum atomic E-state index is -3.62. The van der Waals surface area contributed by atoms with Crippen molar-refractivity contribution in [2.75, 3.05) is 6.54 Å². The zero-order chi connectivity index (χ0) is 14.6. The van der Waals surface area contributed by atoms with Crippen LogP contribution in [0.2, 0.25) is 0 Å². The zero-order valence-corrected chi connectivity index (χ0v) is 11.8. The van der Waals surface area contributed by atoms with Crippen molar-refractivity contribution in [2.24, 2.45) is 12.8 Å². The van der Waals surface area contributed by atoms with Gasteiger partial charge in [0.1, 0.15) is 17.0 Å². The second-order valence-corrected chi connectivity index (χ2v) is 5.89. The number of aromatic nitrogens is 4. The van der Waals surface area contributed by atoms with Crippen LogP contribution < -0.4 is 10.5 Å². The van der Waals surface area contributed by atoms with Gasteiger partial charge >= 0.3 is 0 Å². The molecule has 9 heteroatoms. The Morgan fingerprint density at radius 1 is 1.45 bits per heavy atom. The van der Waals surface area contributed by atoms with Crippen LogP contribution in [-0.2, 0) is 30.0 Å². The Hall–Kier alpha value is -1.84. The summed E-state index contributed by atoms with van der Waals surface area (Å²) in [7, 11) is -1.82. The van der Waals surface area contributed by atoms with Gasteiger partial charge in [0.2, 0.25) is 10.0 Å². The van der Waals surface area contributed by atoms with Gasteiger partial charge in [-0.3, -0.25) is 4.98 Å². The first-order valence-electron chi connectivity index (χ1n) is 6.01. The molecule has 0 unspecified atom stereocenters. The molecule has 0 aromatic carbocycles. The third-order valence-electron chi connectivity index (χ3n) is 2.78. The minimum absolute atomic E-state index is 0.0698. The molecule has 0 aliphatic heterocycles. The van der Waals surface area contributed by atoms with Gasteiger partial charge in [-0.1, -0.05) is 0 Å². The maximum atomic E-state index is 12.2. The van der Waals surface area contributed by atoms with Gasteiger partial charge < -0.3 is 10.3 Å². The summed E-state index contributed by atoms with van der Waals surface area (Å²) in [6.45, 7) is 0.300. The first-order valence-corrected chi connectivity index (χ1v) is 7.49. The van der Waals surface area contributed by atoms with E-state index in [1.807, 2.05) is 0 Å². The Balaban J connectivity index is 2.06. The van der Waals surface area contributed by atoms with E-state index in [-0.39, 0.29) is 18.0 Å². The van der Waals surface area contributed by atoms with Crippen molar-refractivity contribution in [1.82, 2.24) is 24.5 Å². The third-order valence-corrected chi connectivity index (χ3v) is 4.31. The van der Waals surface area contributed by atoms with E-state index in [2.05, 4.69) is 19.9 Å². The Labute approximate surface area is 117 Å². The van der Waals surface area contributed by atoms with E-state index in [0.717, 1.165) is 0 Å². The molecule has 2 rings (SSSR count). The summed E-state index contributed by atoms with van der Waals surface area (Å²) in [5, 5.41) is 7.62. The van der Waals surface area contributed by atoms with Crippen LogP contribution in [-0.4, -0.2) is 34.7 Å². The number of nitrogens with zero attached hydrogens (tertiary/aromatic N) is 4. The molecule has 0 aliphatic carbocycles. The molecular weight excluding hydrogens is 280 g/mol. The summed E-state index contributed by atoms with van der Waals surface area (Å²) >= 11 is 0. The van der Waals surface area contributed by atoms with Crippen LogP contribution >= 0.6 is 0 Å². The molecule has 3 N–H and O–H groups in total. The van der Waals surface area contributed by atoms with Crippen molar-refractivity contribution in [2.45, 2.75) is 17.9 Å². The van der Waals surface area contributed by atoms with E-state index in [4.69, 9.17) is 5.73 Å². The summed E-state index contributed by atoms with van der Waals surface area (Å²) < 4.78 is 28.6. The average Bonchev–Trinajstić information content (AvgIpc) is 2.84. The van der Waals surface area contributed by atoms with Crippen LogP contribution in [0.25, 0.3) is 0 Å². The minimum Gasteiger partial charge on any atom is -0.325 e. The van der Waals surface area contributed by atoms with Crippen LogP contribution in [0.4, 0.5) is 0 Å². The zero-order valence-electron chi connectivity index (χ0n) is 11.0. The lowest BCUT2D eigenvalue weighted by molar-refractivity contribution is 0.578. The molecule has 0 atom stereocenters. The van der Waals surface area contributed by atoms with Crippen molar-refractivity contribution < 1.29 is 8.42 Å². The van der Waals surface area contributed by atoms with Crippen LogP contribution in [0.5, 0.6) is 0 Å². The highest BCUT2D eigenvalue weighted by Gasteiger charge is 2.18. The van der Waals surface area contributed by atoms with Gasteiger partial charge in [0.25, 0.3) is 0 Å². The molecule has 108 valence electrons. The number of hydrogen-bond donors (Lipinski definition) is 2. The molecule has 0 amide bonds. The van der Waals surface area contributed by atoms with Crippen LogP contribution in [0.15, 0.2) is 29.6 Å². The van der Waals surface area contributed by atoms with E-state index in [9.17, 15) is 8.42 Å². The van der Waals surface area contributed by atoms with Gasteiger partial charge in [-0.25, -0.2) is 13.1 Å². The molecule has 8 nitrogen and oxygen atoms in total. The van der Waals surface area contributed by atoms with Crippen molar-refractivity contribution in [3.63, 3.8) is 0 Å². The highest BCUT2D eigenvalue weighted by atomic mass is 32.2. The molecule has 0 spiro atoms. The summed E-state index contributed by atoms with van der Waals surface area (Å²) in [5.74, 6) is 0.706. The van der Waals surface area contributed by atoms with E-state index >= 15 is 0 Å². The summed E-state index contributed by atoms with van der Waals surface area (Å²) in [6, 6.07) is 3.05. The number of nitrogens with one attached hydrogen (secondary N) is 1. The van der Waals surface area contributed by atoms with Gasteiger partial charge in [0.05, 0.1) is 5.69 Å². The fourth-order valence-electron chi connectivity index (χ4n) is 1.73. The number of aryl methyl sites for hydroxylation is 1. The van der Waals surface area contributed by atoms with Gasteiger partial charge in [0.15, 0.2) is 0 Å². The molecule has 0 saturated carbocycles. The Morgan fingerprint density at radius 3 is 2.90 bits per heavy atom. The number of sulfonamides is 1. The standard InChI is InChI=1S/C11H16N6O2S/c1-17-8-14-16-11(17)4-6-15-20(18,19)10-3-2-5-13-9(10)7-12/h2-3,5,8,15H,4,6-7,12H2,1H3. The van der Waals surface area contributed by atoms with Crippen molar-refractivity contribution >= 4 is 10.0 Å². The molecular formula is C11H16N6O2S. The Kier molecular flexibility index (Phi) is 4.42. The number of rotatable bonds is 6. The van der Waals surface area contributed by atoms with Gasteiger partial charge in [-0.2, -0.15) is 0 Å².